The van der Waals surface area contributed by atoms with Gasteiger partial charge in [-0.05, 0) is 56.6 Å². The molecule has 0 aromatic carbocycles. The minimum absolute atomic E-state index is 0.587. The summed E-state index contributed by atoms with van der Waals surface area (Å²) in [5.74, 6) is 1.82. The summed E-state index contributed by atoms with van der Waals surface area (Å²) in [7, 11) is 0. The second-order valence-corrected chi connectivity index (χ2v) is 4.96. The number of aliphatic hydroxyl groups excluding tert-OH is 2. The summed E-state index contributed by atoms with van der Waals surface area (Å²) < 4.78 is 0. The molecular formula is C14H24O2. The van der Waals surface area contributed by atoms with E-state index in [1.807, 2.05) is 13.0 Å². The van der Waals surface area contributed by atoms with Gasteiger partial charge in [0.15, 0.2) is 0 Å². The SMILES string of the molecule is CC1=C(O)CCCC1.CC1C=C(O)CCC1. The summed E-state index contributed by atoms with van der Waals surface area (Å²) in [5.41, 5.74) is 1.19. The van der Waals surface area contributed by atoms with Gasteiger partial charge in [0.05, 0.1) is 11.5 Å². The van der Waals surface area contributed by atoms with Crippen LogP contribution in [-0.2, 0) is 0 Å². The number of allylic oxidation sites excluding steroid dienone is 4. The number of aliphatic hydroxyl groups is 2. The Morgan fingerprint density at radius 2 is 1.75 bits per heavy atom. The molecule has 0 bridgehead atoms. The molecule has 0 saturated heterocycles. The first-order valence-corrected chi connectivity index (χ1v) is 6.37. The molecule has 0 aromatic heterocycles. The van der Waals surface area contributed by atoms with Crippen LogP contribution in [0, 0.1) is 5.92 Å². The monoisotopic (exact) mass is 224 g/mol. The normalized spacial score (nSPS) is 25.6. The quantitative estimate of drug-likeness (QED) is 0.629. The molecule has 1 unspecified atom stereocenters. The summed E-state index contributed by atoms with van der Waals surface area (Å²) in [5, 5.41) is 18.0. The lowest BCUT2D eigenvalue weighted by Crippen LogP contribution is -1.99. The van der Waals surface area contributed by atoms with Crippen LogP contribution in [0.2, 0.25) is 0 Å². The van der Waals surface area contributed by atoms with Crippen LogP contribution in [0.3, 0.4) is 0 Å². The highest BCUT2D eigenvalue weighted by Crippen LogP contribution is 2.21. The Morgan fingerprint density at radius 3 is 2.12 bits per heavy atom. The van der Waals surface area contributed by atoms with Crippen LogP contribution in [0.25, 0.3) is 0 Å². The highest BCUT2D eigenvalue weighted by atomic mass is 16.3. The van der Waals surface area contributed by atoms with Gasteiger partial charge in [-0.25, -0.2) is 0 Å². The number of hydrogen-bond donors (Lipinski definition) is 2. The zero-order chi connectivity index (χ0) is 12.0. The van der Waals surface area contributed by atoms with Gasteiger partial charge in [0.2, 0.25) is 0 Å². The first-order valence-electron chi connectivity index (χ1n) is 6.37. The third kappa shape index (κ3) is 4.73. The van der Waals surface area contributed by atoms with Crippen LogP contribution < -0.4 is 0 Å². The first kappa shape index (κ1) is 13.1. The zero-order valence-corrected chi connectivity index (χ0v) is 10.5. The van der Waals surface area contributed by atoms with Crippen molar-refractivity contribution in [2.75, 3.05) is 0 Å². The molecule has 0 saturated carbocycles. The second-order valence-electron chi connectivity index (χ2n) is 4.96. The van der Waals surface area contributed by atoms with E-state index in [-0.39, 0.29) is 0 Å². The minimum atomic E-state index is 0.587. The van der Waals surface area contributed by atoms with Crippen LogP contribution in [-0.4, -0.2) is 10.2 Å². The third-order valence-corrected chi connectivity index (χ3v) is 3.28. The van der Waals surface area contributed by atoms with E-state index < -0.39 is 0 Å². The Kier molecular flexibility index (Phi) is 5.44. The molecule has 16 heavy (non-hydrogen) atoms. The van der Waals surface area contributed by atoms with E-state index in [9.17, 15) is 0 Å². The summed E-state index contributed by atoms with van der Waals surface area (Å²) >= 11 is 0. The average Bonchev–Trinajstić information content (AvgIpc) is 2.23. The minimum Gasteiger partial charge on any atom is -0.513 e. The lowest BCUT2D eigenvalue weighted by Gasteiger charge is -2.12. The van der Waals surface area contributed by atoms with Crippen molar-refractivity contribution in [1.82, 2.24) is 0 Å². The van der Waals surface area contributed by atoms with Gasteiger partial charge in [0, 0.05) is 12.8 Å². The van der Waals surface area contributed by atoms with Gasteiger partial charge in [-0.1, -0.05) is 6.92 Å². The third-order valence-electron chi connectivity index (χ3n) is 3.28. The lowest BCUT2D eigenvalue weighted by molar-refractivity contribution is 0.352. The summed E-state index contributed by atoms with van der Waals surface area (Å²) in [6, 6.07) is 0. The fourth-order valence-electron chi connectivity index (χ4n) is 2.14. The number of rotatable bonds is 0. The first-order chi connectivity index (χ1) is 7.59. The summed E-state index contributed by atoms with van der Waals surface area (Å²) in [4.78, 5) is 0. The molecule has 2 aliphatic carbocycles. The van der Waals surface area contributed by atoms with Crippen molar-refractivity contribution in [3.63, 3.8) is 0 Å². The second kappa shape index (κ2) is 6.62. The molecule has 2 heteroatoms. The van der Waals surface area contributed by atoms with Crippen molar-refractivity contribution in [3.05, 3.63) is 23.2 Å². The summed E-state index contributed by atoms with van der Waals surface area (Å²) in [6.07, 6.45) is 9.68. The van der Waals surface area contributed by atoms with Crippen LogP contribution in [0.15, 0.2) is 23.2 Å². The van der Waals surface area contributed by atoms with Crippen molar-refractivity contribution in [3.8, 4) is 0 Å². The Bertz CT molecular complexity index is 262. The molecule has 92 valence electrons. The molecule has 2 rings (SSSR count). The van der Waals surface area contributed by atoms with Gasteiger partial charge >= 0.3 is 0 Å². The molecule has 0 heterocycles. The van der Waals surface area contributed by atoms with Gasteiger partial charge in [-0.3, -0.25) is 0 Å². The van der Waals surface area contributed by atoms with Crippen molar-refractivity contribution in [2.24, 2.45) is 5.92 Å². The van der Waals surface area contributed by atoms with Crippen molar-refractivity contribution >= 4 is 0 Å². The maximum atomic E-state index is 9.06. The molecule has 2 N–H and O–H groups in total. The molecule has 0 aliphatic heterocycles. The van der Waals surface area contributed by atoms with Gasteiger partial charge in [0.25, 0.3) is 0 Å². The van der Waals surface area contributed by atoms with Crippen LogP contribution in [0.1, 0.15) is 58.8 Å². The van der Waals surface area contributed by atoms with Crippen molar-refractivity contribution < 1.29 is 10.2 Å². The highest BCUT2D eigenvalue weighted by molar-refractivity contribution is 5.06. The largest absolute Gasteiger partial charge is 0.513 e. The van der Waals surface area contributed by atoms with Crippen molar-refractivity contribution in [2.45, 2.75) is 58.8 Å². The molecular weight excluding hydrogens is 200 g/mol. The lowest BCUT2D eigenvalue weighted by atomic mass is 9.97. The summed E-state index contributed by atoms with van der Waals surface area (Å²) in [6.45, 7) is 4.14. The van der Waals surface area contributed by atoms with E-state index >= 15 is 0 Å². The van der Waals surface area contributed by atoms with E-state index in [1.165, 1.54) is 24.8 Å². The fraction of sp³-hybridized carbons (Fsp3) is 0.714. The Labute approximate surface area is 98.7 Å². The van der Waals surface area contributed by atoms with Gasteiger partial charge in [0.1, 0.15) is 0 Å². The molecule has 1 atom stereocenters. The molecule has 0 spiro atoms. The standard InChI is InChI=1S/2C7H12O/c1-6-3-2-4-7(8)5-6;1-6-4-2-3-5-7(6)8/h5-6,8H,2-4H2,1H3;8H,2-5H2,1H3. The zero-order valence-electron chi connectivity index (χ0n) is 10.5. The average molecular weight is 224 g/mol. The number of hydrogen-bond acceptors (Lipinski definition) is 2. The smallest absolute Gasteiger partial charge is 0.0911 e. The molecule has 0 aromatic rings. The predicted octanol–water partition coefficient (Wildman–Crippen LogP) is 4.64. The van der Waals surface area contributed by atoms with E-state index in [0.29, 0.717) is 17.4 Å². The van der Waals surface area contributed by atoms with Crippen LogP contribution in [0.4, 0.5) is 0 Å². The van der Waals surface area contributed by atoms with Crippen LogP contribution >= 0.6 is 0 Å². The van der Waals surface area contributed by atoms with Gasteiger partial charge in [-0.2, -0.15) is 0 Å². The van der Waals surface area contributed by atoms with E-state index in [4.69, 9.17) is 10.2 Å². The van der Waals surface area contributed by atoms with Crippen molar-refractivity contribution in [1.29, 1.82) is 0 Å². The van der Waals surface area contributed by atoms with Gasteiger partial charge < -0.3 is 10.2 Å². The molecule has 2 aliphatic rings. The topological polar surface area (TPSA) is 40.5 Å². The van der Waals surface area contributed by atoms with Gasteiger partial charge in [-0.15, -0.1) is 0 Å². The molecule has 2 nitrogen and oxygen atoms in total. The van der Waals surface area contributed by atoms with E-state index in [1.54, 1.807) is 0 Å². The Balaban J connectivity index is 0.000000160. The molecule has 0 amide bonds. The van der Waals surface area contributed by atoms with E-state index in [0.717, 1.165) is 25.7 Å². The maximum Gasteiger partial charge on any atom is 0.0911 e. The molecule has 0 radical (unpaired) electrons. The fourth-order valence-corrected chi connectivity index (χ4v) is 2.14. The van der Waals surface area contributed by atoms with E-state index in [2.05, 4.69) is 6.92 Å². The Hall–Kier alpha value is -0.920. The Morgan fingerprint density at radius 1 is 1.06 bits per heavy atom. The molecule has 0 fully saturated rings. The predicted molar refractivity (Wildman–Crippen MR) is 67.5 cm³/mol. The highest BCUT2D eigenvalue weighted by Gasteiger charge is 2.06. The van der Waals surface area contributed by atoms with Crippen LogP contribution in [0.5, 0.6) is 0 Å². The maximum absolute atomic E-state index is 9.06.